The van der Waals surface area contributed by atoms with E-state index in [9.17, 15) is 22.4 Å². The number of ether oxygens (including phenoxy) is 1. The normalized spacial score (nSPS) is 23.8. The fourth-order valence-corrected chi connectivity index (χ4v) is 4.50. The molecule has 1 heterocycles. The zero-order valence-electron chi connectivity index (χ0n) is 16.2. The van der Waals surface area contributed by atoms with E-state index in [4.69, 9.17) is 9.84 Å². The second-order valence-corrected chi connectivity index (χ2v) is 9.63. The molecule has 29 heavy (non-hydrogen) atoms. The molecular weight excluding hydrogens is 403 g/mol. The standard InChI is InChI=1S/C19H25FN2O6S/c1-29(26,27)14-3-5-18(15(20)11-14)28-12-13-2-4-16(17(23)10-13)21-6-8-22(9-7-21)19(24)25/h3,5,11,13,16H,2,4,6-10,12H2,1H3,(H,24,25)/t13-,16-/m1/s1. The first kappa shape index (κ1) is 21.5. The summed E-state index contributed by atoms with van der Waals surface area (Å²) in [7, 11) is -3.49. The molecule has 160 valence electrons. The number of carbonyl (C=O) groups excluding carboxylic acids is 1. The van der Waals surface area contributed by atoms with E-state index in [1.807, 2.05) is 4.90 Å². The number of halogens is 1. The third kappa shape index (κ3) is 5.24. The molecule has 1 aromatic carbocycles. The highest BCUT2D eigenvalue weighted by atomic mass is 32.2. The first-order valence-electron chi connectivity index (χ1n) is 9.52. The number of carbonyl (C=O) groups is 2. The molecule has 0 spiro atoms. The van der Waals surface area contributed by atoms with Crippen molar-refractivity contribution in [2.24, 2.45) is 5.92 Å². The number of benzene rings is 1. The number of rotatable bonds is 5. The first-order chi connectivity index (χ1) is 13.6. The molecule has 3 rings (SSSR count). The Balaban J connectivity index is 1.51. The minimum Gasteiger partial charge on any atom is -0.490 e. The van der Waals surface area contributed by atoms with Gasteiger partial charge < -0.3 is 14.7 Å². The summed E-state index contributed by atoms with van der Waals surface area (Å²) in [5.74, 6) is -0.712. The van der Waals surface area contributed by atoms with Crippen LogP contribution in [0.25, 0.3) is 0 Å². The van der Waals surface area contributed by atoms with E-state index < -0.39 is 21.7 Å². The van der Waals surface area contributed by atoms with Crippen LogP contribution in [0.1, 0.15) is 19.3 Å². The maximum atomic E-state index is 14.1. The summed E-state index contributed by atoms with van der Waals surface area (Å²) >= 11 is 0. The summed E-state index contributed by atoms with van der Waals surface area (Å²) in [6.07, 6.45) is 1.81. The number of piperazine rings is 1. The molecular formula is C19H25FN2O6S. The van der Waals surface area contributed by atoms with Crippen molar-refractivity contribution >= 4 is 21.7 Å². The van der Waals surface area contributed by atoms with Crippen LogP contribution in [0.3, 0.4) is 0 Å². The summed E-state index contributed by atoms with van der Waals surface area (Å²) in [5, 5.41) is 9.02. The van der Waals surface area contributed by atoms with Gasteiger partial charge in [0.25, 0.3) is 0 Å². The van der Waals surface area contributed by atoms with Gasteiger partial charge in [-0.15, -0.1) is 0 Å². The molecule has 10 heteroatoms. The zero-order chi connectivity index (χ0) is 21.2. The van der Waals surface area contributed by atoms with Gasteiger partial charge in [0.15, 0.2) is 21.4 Å². The lowest BCUT2D eigenvalue weighted by atomic mass is 9.84. The van der Waals surface area contributed by atoms with Gasteiger partial charge in [0.1, 0.15) is 5.78 Å². The second-order valence-electron chi connectivity index (χ2n) is 7.61. The molecule has 2 atom stereocenters. The van der Waals surface area contributed by atoms with Crippen molar-refractivity contribution in [3.05, 3.63) is 24.0 Å². The van der Waals surface area contributed by atoms with Crippen LogP contribution in [0.4, 0.5) is 9.18 Å². The van der Waals surface area contributed by atoms with Crippen molar-refractivity contribution in [2.45, 2.75) is 30.2 Å². The van der Waals surface area contributed by atoms with E-state index in [1.54, 1.807) is 0 Å². The number of hydrogen-bond donors (Lipinski definition) is 1. The number of sulfone groups is 1. The van der Waals surface area contributed by atoms with E-state index >= 15 is 0 Å². The van der Waals surface area contributed by atoms with Crippen molar-refractivity contribution in [1.82, 2.24) is 9.80 Å². The SMILES string of the molecule is CS(=O)(=O)c1ccc(OC[C@@H]2CC[C@@H](N3CCN(C(=O)O)CC3)C(=O)C2)c(F)c1. The fourth-order valence-electron chi connectivity index (χ4n) is 3.87. The number of Topliss-reactive ketones (excluding diaryl/α,β-unsaturated/α-hetero) is 1. The molecule has 0 bridgehead atoms. The van der Waals surface area contributed by atoms with Gasteiger partial charge in [0, 0.05) is 38.9 Å². The molecule has 1 saturated heterocycles. The van der Waals surface area contributed by atoms with Gasteiger partial charge in [-0.25, -0.2) is 17.6 Å². The molecule has 1 aliphatic carbocycles. The second kappa shape index (κ2) is 8.66. The fraction of sp³-hybridized carbons (Fsp3) is 0.579. The number of hydrogen-bond acceptors (Lipinski definition) is 6. The van der Waals surface area contributed by atoms with Crippen molar-refractivity contribution in [2.75, 3.05) is 39.0 Å². The Hall–Kier alpha value is -2.20. The molecule has 1 saturated carbocycles. The van der Waals surface area contributed by atoms with Crippen LogP contribution in [0, 0.1) is 11.7 Å². The highest BCUT2D eigenvalue weighted by molar-refractivity contribution is 7.90. The van der Waals surface area contributed by atoms with E-state index in [0.29, 0.717) is 39.0 Å². The Kier molecular flexibility index (Phi) is 6.42. The quantitative estimate of drug-likeness (QED) is 0.760. The Labute approximate surface area is 169 Å². The van der Waals surface area contributed by atoms with Crippen LogP contribution < -0.4 is 4.74 Å². The van der Waals surface area contributed by atoms with Crippen molar-refractivity contribution in [3.63, 3.8) is 0 Å². The van der Waals surface area contributed by atoms with Gasteiger partial charge in [-0.2, -0.15) is 0 Å². The van der Waals surface area contributed by atoms with E-state index in [1.165, 1.54) is 17.0 Å². The molecule has 1 aromatic rings. The number of carboxylic acid groups (broad SMARTS) is 1. The van der Waals surface area contributed by atoms with Crippen LogP contribution in [0.15, 0.2) is 23.1 Å². The Morgan fingerprint density at radius 1 is 1.24 bits per heavy atom. The van der Waals surface area contributed by atoms with Gasteiger partial charge in [-0.1, -0.05) is 0 Å². The third-order valence-corrected chi connectivity index (χ3v) is 6.65. The van der Waals surface area contributed by atoms with E-state index in [-0.39, 0.29) is 35.0 Å². The molecule has 2 fully saturated rings. The van der Waals surface area contributed by atoms with Crippen LogP contribution in [0.5, 0.6) is 5.75 Å². The monoisotopic (exact) mass is 428 g/mol. The van der Waals surface area contributed by atoms with Crippen LogP contribution in [-0.4, -0.2) is 80.3 Å². The highest BCUT2D eigenvalue weighted by Crippen LogP contribution is 2.28. The molecule has 1 N–H and O–H groups in total. The lowest BCUT2D eigenvalue weighted by molar-refractivity contribution is -0.128. The van der Waals surface area contributed by atoms with Crippen molar-refractivity contribution in [1.29, 1.82) is 0 Å². The lowest BCUT2D eigenvalue weighted by Crippen LogP contribution is -2.55. The van der Waals surface area contributed by atoms with Gasteiger partial charge >= 0.3 is 6.09 Å². The van der Waals surface area contributed by atoms with Crippen LogP contribution in [-0.2, 0) is 14.6 Å². The zero-order valence-corrected chi connectivity index (χ0v) is 17.0. The lowest BCUT2D eigenvalue weighted by Gasteiger charge is -2.40. The summed E-state index contributed by atoms with van der Waals surface area (Å²) in [6.45, 7) is 2.06. The third-order valence-electron chi connectivity index (χ3n) is 5.54. The highest BCUT2D eigenvalue weighted by Gasteiger charge is 2.35. The van der Waals surface area contributed by atoms with Crippen molar-refractivity contribution < 1.29 is 32.2 Å². The molecule has 0 aromatic heterocycles. The van der Waals surface area contributed by atoms with Crippen molar-refractivity contribution in [3.8, 4) is 5.75 Å². The number of ketones is 1. The van der Waals surface area contributed by atoms with Crippen LogP contribution >= 0.6 is 0 Å². The molecule has 8 nitrogen and oxygen atoms in total. The minimum atomic E-state index is -3.49. The summed E-state index contributed by atoms with van der Waals surface area (Å²) < 4.78 is 42.5. The maximum Gasteiger partial charge on any atom is 0.407 e. The predicted octanol–water partition coefficient (Wildman–Crippen LogP) is 1.64. The minimum absolute atomic E-state index is 0.0308. The molecule has 2 aliphatic rings. The molecule has 1 amide bonds. The van der Waals surface area contributed by atoms with Gasteiger partial charge in [0.05, 0.1) is 17.5 Å². The number of nitrogens with zero attached hydrogens (tertiary/aromatic N) is 2. The van der Waals surface area contributed by atoms with Gasteiger partial charge in [-0.05, 0) is 37.0 Å². The largest absolute Gasteiger partial charge is 0.490 e. The van der Waals surface area contributed by atoms with E-state index in [0.717, 1.165) is 18.7 Å². The summed E-state index contributed by atoms with van der Waals surface area (Å²) in [6, 6.07) is 3.32. The Morgan fingerprint density at radius 3 is 2.48 bits per heavy atom. The topological polar surface area (TPSA) is 104 Å². The average Bonchev–Trinajstić information content (AvgIpc) is 2.66. The van der Waals surface area contributed by atoms with Crippen LogP contribution in [0.2, 0.25) is 0 Å². The van der Waals surface area contributed by atoms with Gasteiger partial charge in [0.2, 0.25) is 0 Å². The maximum absolute atomic E-state index is 14.1. The predicted molar refractivity (Wildman–Crippen MR) is 102 cm³/mol. The Morgan fingerprint density at radius 2 is 1.93 bits per heavy atom. The molecule has 1 aliphatic heterocycles. The van der Waals surface area contributed by atoms with Gasteiger partial charge in [-0.3, -0.25) is 9.69 Å². The smallest absolute Gasteiger partial charge is 0.407 e. The summed E-state index contributed by atoms with van der Waals surface area (Å²) in [5.41, 5.74) is 0. The number of amides is 1. The average molecular weight is 428 g/mol. The molecule has 0 unspecified atom stereocenters. The summed E-state index contributed by atoms with van der Waals surface area (Å²) in [4.78, 5) is 26.9. The molecule has 0 radical (unpaired) electrons. The first-order valence-corrected chi connectivity index (χ1v) is 11.4. The Bertz CT molecular complexity index is 883. The van der Waals surface area contributed by atoms with E-state index in [2.05, 4.69) is 0 Å².